The van der Waals surface area contributed by atoms with E-state index < -0.39 is 0 Å². The molecule has 0 radical (unpaired) electrons. The molecule has 0 spiro atoms. The molecule has 92 valence electrons. The summed E-state index contributed by atoms with van der Waals surface area (Å²) < 4.78 is 5.55. The third-order valence-electron chi connectivity index (χ3n) is 3.39. The molecular weight excluding hydrogens is 214 g/mol. The summed E-state index contributed by atoms with van der Waals surface area (Å²) in [5, 5.41) is 13.8. The molecule has 0 saturated heterocycles. The zero-order valence-electron chi connectivity index (χ0n) is 10.3. The summed E-state index contributed by atoms with van der Waals surface area (Å²) in [5.74, 6) is 0.209. The summed E-state index contributed by atoms with van der Waals surface area (Å²) >= 11 is 0. The number of aliphatic hydroxyl groups is 1. The van der Waals surface area contributed by atoms with Gasteiger partial charge in [0.25, 0.3) is 0 Å². The lowest BCUT2D eigenvalue weighted by Crippen LogP contribution is -2.27. The summed E-state index contributed by atoms with van der Waals surface area (Å²) in [6.07, 6.45) is 2.73. The van der Waals surface area contributed by atoms with Crippen LogP contribution in [0.4, 0.5) is 0 Å². The number of rotatable bonds is 5. The molecule has 2 N–H and O–H groups in total. The van der Waals surface area contributed by atoms with E-state index in [1.807, 2.05) is 25.2 Å². The van der Waals surface area contributed by atoms with Crippen LogP contribution in [0, 0.1) is 5.92 Å². The second-order valence-corrected chi connectivity index (χ2v) is 4.30. The minimum absolute atomic E-state index is 0.133. The quantitative estimate of drug-likeness (QED) is 0.834. The number of furan rings is 1. The molecule has 2 atom stereocenters. The van der Waals surface area contributed by atoms with Gasteiger partial charge in [0.15, 0.2) is 0 Å². The molecule has 2 unspecified atom stereocenters. The lowest BCUT2D eigenvalue weighted by molar-refractivity contribution is 0.189. The van der Waals surface area contributed by atoms with E-state index in [2.05, 4.69) is 18.3 Å². The number of hydrogen-bond acceptors (Lipinski definition) is 3. The van der Waals surface area contributed by atoms with E-state index in [0.29, 0.717) is 0 Å². The van der Waals surface area contributed by atoms with Crippen LogP contribution in [0.15, 0.2) is 34.9 Å². The van der Waals surface area contributed by atoms with Gasteiger partial charge in [0.1, 0.15) is 5.58 Å². The second-order valence-electron chi connectivity index (χ2n) is 4.30. The zero-order chi connectivity index (χ0) is 12.3. The molecule has 0 aliphatic rings. The predicted octanol–water partition coefficient (Wildman–Crippen LogP) is 2.71. The Labute approximate surface area is 101 Å². The van der Waals surface area contributed by atoms with Gasteiger partial charge in [-0.05, 0) is 19.5 Å². The Balaban J connectivity index is 2.42. The van der Waals surface area contributed by atoms with Gasteiger partial charge in [-0.25, -0.2) is 0 Å². The molecule has 1 aromatic heterocycles. The van der Waals surface area contributed by atoms with E-state index >= 15 is 0 Å². The van der Waals surface area contributed by atoms with Crippen LogP contribution in [0.3, 0.4) is 0 Å². The Morgan fingerprint density at radius 3 is 2.76 bits per heavy atom. The summed E-state index contributed by atoms with van der Waals surface area (Å²) in [4.78, 5) is 0. The van der Waals surface area contributed by atoms with Crippen molar-refractivity contribution in [1.82, 2.24) is 5.32 Å². The van der Waals surface area contributed by atoms with E-state index in [4.69, 9.17) is 4.42 Å². The number of benzene rings is 1. The van der Waals surface area contributed by atoms with E-state index in [1.54, 1.807) is 6.26 Å². The summed E-state index contributed by atoms with van der Waals surface area (Å²) in [6, 6.07) is 8.13. The molecule has 17 heavy (non-hydrogen) atoms. The molecule has 2 aromatic rings. The molecule has 0 saturated carbocycles. The first-order chi connectivity index (χ1) is 8.31. The van der Waals surface area contributed by atoms with Crippen LogP contribution in [0.2, 0.25) is 0 Å². The number of nitrogens with one attached hydrogen (secondary N) is 1. The van der Waals surface area contributed by atoms with Crippen LogP contribution >= 0.6 is 0 Å². The van der Waals surface area contributed by atoms with Crippen molar-refractivity contribution in [2.75, 3.05) is 13.7 Å². The average Bonchev–Trinajstić information content (AvgIpc) is 2.79. The minimum Gasteiger partial charge on any atom is -0.464 e. The maximum Gasteiger partial charge on any atom is 0.134 e. The zero-order valence-corrected chi connectivity index (χ0v) is 10.3. The van der Waals surface area contributed by atoms with E-state index in [9.17, 15) is 5.11 Å². The fourth-order valence-electron chi connectivity index (χ4n) is 2.35. The Morgan fingerprint density at radius 1 is 1.35 bits per heavy atom. The molecule has 0 aliphatic heterocycles. The van der Waals surface area contributed by atoms with Crippen LogP contribution in [0.1, 0.15) is 24.9 Å². The average molecular weight is 233 g/mol. The SMILES string of the molecule is CCC(CO)C(NC)c1coc2ccccc12. The van der Waals surface area contributed by atoms with Crippen molar-refractivity contribution in [2.24, 2.45) is 5.92 Å². The summed E-state index contributed by atoms with van der Waals surface area (Å²) in [7, 11) is 1.92. The fraction of sp³-hybridized carbons (Fsp3) is 0.429. The number of para-hydroxylation sites is 1. The van der Waals surface area contributed by atoms with Crippen LogP contribution in [0.25, 0.3) is 11.0 Å². The molecule has 0 bridgehead atoms. The number of aliphatic hydroxyl groups excluding tert-OH is 1. The van der Waals surface area contributed by atoms with Gasteiger partial charge < -0.3 is 14.8 Å². The van der Waals surface area contributed by atoms with Gasteiger partial charge >= 0.3 is 0 Å². The highest BCUT2D eigenvalue weighted by Gasteiger charge is 2.22. The molecule has 1 aromatic carbocycles. The smallest absolute Gasteiger partial charge is 0.134 e. The molecule has 0 aliphatic carbocycles. The van der Waals surface area contributed by atoms with Gasteiger partial charge in [0.2, 0.25) is 0 Å². The standard InChI is InChI=1S/C14H19NO2/c1-3-10(8-16)14(15-2)12-9-17-13-7-5-4-6-11(12)13/h4-7,9-10,14-16H,3,8H2,1-2H3. The van der Waals surface area contributed by atoms with Crippen LogP contribution in [-0.4, -0.2) is 18.8 Å². The van der Waals surface area contributed by atoms with Gasteiger partial charge in [-0.2, -0.15) is 0 Å². The third-order valence-corrected chi connectivity index (χ3v) is 3.39. The van der Waals surface area contributed by atoms with E-state index in [-0.39, 0.29) is 18.6 Å². The Hall–Kier alpha value is -1.32. The van der Waals surface area contributed by atoms with Gasteiger partial charge in [-0.15, -0.1) is 0 Å². The molecule has 0 amide bonds. The molecular formula is C14H19NO2. The number of fused-ring (bicyclic) bond motifs is 1. The highest BCUT2D eigenvalue weighted by molar-refractivity contribution is 5.81. The maximum absolute atomic E-state index is 9.43. The van der Waals surface area contributed by atoms with Gasteiger partial charge in [0.05, 0.1) is 6.26 Å². The highest BCUT2D eigenvalue weighted by Crippen LogP contribution is 2.31. The third kappa shape index (κ3) is 2.21. The lowest BCUT2D eigenvalue weighted by atomic mass is 9.91. The molecule has 0 fully saturated rings. The monoisotopic (exact) mass is 233 g/mol. The molecule has 2 rings (SSSR count). The van der Waals surface area contributed by atoms with Crippen molar-refractivity contribution >= 4 is 11.0 Å². The number of hydrogen-bond donors (Lipinski definition) is 2. The fourth-order valence-corrected chi connectivity index (χ4v) is 2.35. The maximum atomic E-state index is 9.43. The summed E-state index contributed by atoms with van der Waals surface area (Å²) in [5.41, 5.74) is 2.03. The largest absolute Gasteiger partial charge is 0.464 e. The first-order valence-electron chi connectivity index (χ1n) is 6.06. The Kier molecular flexibility index (Phi) is 3.82. The van der Waals surface area contributed by atoms with Gasteiger partial charge in [0, 0.05) is 29.5 Å². The van der Waals surface area contributed by atoms with Crippen molar-refractivity contribution < 1.29 is 9.52 Å². The molecule has 1 heterocycles. The topological polar surface area (TPSA) is 45.4 Å². The highest BCUT2D eigenvalue weighted by atomic mass is 16.3. The summed E-state index contributed by atoms with van der Waals surface area (Å²) in [6.45, 7) is 2.27. The first kappa shape index (κ1) is 12.1. The Morgan fingerprint density at radius 2 is 2.12 bits per heavy atom. The van der Waals surface area contributed by atoms with Gasteiger partial charge in [-0.3, -0.25) is 0 Å². The predicted molar refractivity (Wildman–Crippen MR) is 68.9 cm³/mol. The van der Waals surface area contributed by atoms with Crippen LogP contribution < -0.4 is 5.32 Å². The van der Waals surface area contributed by atoms with Crippen molar-refractivity contribution in [3.8, 4) is 0 Å². The van der Waals surface area contributed by atoms with Crippen molar-refractivity contribution in [3.05, 3.63) is 36.1 Å². The van der Waals surface area contributed by atoms with Crippen LogP contribution in [0.5, 0.6) is 0 Å². The lowest BCUT2D eigenvalue weighted by Gasteiger charge is -2.23. The van der Waals surface area contributed by atoms with Crippen LogP contribution in [-0.2, 0) is 0 Å². The van der Waals surface area contributed by atoms with E-state index in [0.717, 1.165) is 23.0 Å². The van der Waals surface area contributed by atoms with Crippen molar-refractivity contribution in [2.45, 2.75) is 19.4 Å². The molecule has 3 heteroatoms. The van der Waals surface area contributed by atoms with E-state index in [1.165, 1.54) is 0 Å². The Bertz CT molecular complexity index is 474. The normalized spacial score (nSPS) is 15.0. The van der Waals surface area contributed by atoms with Crippen molar-refractivity contribution in [1.29, 1.82) is 0 Å². The van der Waals surface area contributed by atoms with Gasteiger partial charge in [-0.1, -0.05) is 25.1 Å². The minimum atomic E-state index is 0.133. The molecule has 3 nitrogen and oxygen atoms in total. The second kappa shape index (κ2) is 5.34. The van der Waals surface area contributed by atoms with Crippen molar-refractivity contribution in [3.63, 3.8) is 0 Å². The first-order valence-corrected chi connectivity index (χ1v) is 6.06.